The molecule has 1 aromatic heterocycles. The summed E-state index contributed by atoms with van der Waals surface area (Å²) < 4.78 is 0. The van der Waals surface area contributed by atoms with Crippen LogP contribution in [0.5, 0.6) is 0 Å². The molecule has 0 atom stereocenters. The molecule has 1 fully saturated rings. The molecule has 3 N–H and O–H groups in total. The Balaban J connectivity index is 1.73. The molecule has 0 spiro atoms. The van der Waals surface area contributed by atoms with Gasteiger partial charge in [0, 0.05) is 25.5 Å². The monoisotopic (exact) mass is 191 g/mol. The Kier molecular flexibility index (Phi) is 2.79. The number of hydrogen-bond acceptors (Lipinski definition) is 3. The van der Waals surface area contributed by atoms with Crippen LogP contribution >= 0.6 is 0 Å². The summed E-state index contributed by atoms with van der Waals surface area (Å²) in [6, 6.07) is 4.07. The molecule has 2 rings (SSSR count). The zero-order chi connectivity index (χ0) is 9.86. The van der Waals surface area contributed by atoms with E-state index in [-0.39, 0.29) is 0 Å². The summed E-state index contributed by atoms with van der Waals surface area (Å²) in [7, 11) is 0. The third kappa shape index (κ3) is 2.30. The second kappa shape index (κ2) is 4.07. The zero-order valence-corrected chi connectivity index (χ0v) is 8.37. The minimum absolute atomic E-state index is 0.424. The molecule has 1 aliphatic rings. The van der Waals surface area contributed by atoms with Crippen molar-refractivity contribution in [3.63, 3.8) is 0 Å². The number of nitrogens with zero attached hydrogens (tertiary/aromatic N) is 1. The Morgan fingerprint density at radius 3 is 2.64 bits per heavy atom. The lowest BCUT2D eigenvalue weighted by atomic mass is 10.1. The molecule has 0 aliphatic heterocycles. The number of nitrogens with one attached hydrogen (secondary N) is 1. The van der Waals surface area contributed by atoms with Crippen molar-refractivity contribution in [2.45, 2.75) is 19.4 Å². The Labute approximate surface area is 84.7 Å². The molecular weight excluding hydrogens is 174 g/mol. The lowest BCUT2D eigenvalue weighted by Gasteiger charge is -2.12. The Hall–Kier alpha value is -0.930. The third-order valence-electron chi connectivity index (χ3n) is 2.97. The van der Waals surface area contributed by atoms with Crippen molar-refractivity contribution in [3.05, 3.63) is 30.1 Å². The number of aromatic nitrogens is 1. The van der Waals surface area contributed by atoms with Gasteiger partial charge in [-0.05, 0) is 42.5 Å². The van der Waals surface area contributed by atoms with Gasteiger partial charge in [0.25, 0.3) is 0 Å². The molecule has 0 amide bonds. The summed E-state index contributed by atoms with van der Waals surface area (Å²) in [5.41, 5.74) is 7.41. The molecule has 1 heterocycles. The predicted molar refractivity (Wildman–Crippen MR) is 56.7 cm³/mol. The van der Waals surface area contributed by atoms with Crippen LogP contribution in [-0.2, 0) is 6.54 Å². The van der Waals surface area contributed by atoms with Crippen LogP contribution in [0.3, 0.4) is 0 Å². The minimum atomic E-state index is 0.424. The summed E-state index contributed by atoms with van der Waals surface area (Å²) in [6.45, 7) is 2.78. The molecular formula is C11H17N3. The molecule has 0 aromatic carbocycles. The van der Waals surface area contributed by atoms with Gasteiger partial charge in [0.2, 0.25) is 0 Å². The third-order valence-corrected chi connectivity index (χ3v) is 2.97. The number of pyridine rings is 1. The quantitative estimate of drug-likeness (QED) is 0.727. The lowest BCUT2D eigenvalue weighted by Crippen LogP contribution is -2.29. The van der Waals surface area contributed by atoms with Crippen LogP contribution in [0.2, 0.25) is 0 Å². The first kappa shape index (κ1) is 9.62. The fourth-order valence-corrected chi connectivity index (χ4v) is 1.60. The summed E-state index contributed by atoms with van der Waals surface area (Å²) in [5, 5.41) is 3.45. The van der Waals surface area contributed by atoms with E-state index in [2.05, 4.69) is 10.3 Å². The van der Waals surface area contributed by atoms with Crippen molar-refractivity contribution in [1.29, 1.82) is 0 Å². The van der Waals surface area contributed by atoms with Crippen LogP contribution in [0.1, 0.15) is 18.4 Å². The van der Waals surface area contributed by atoms with E-state index in [9.17, 15) is 0 Å². The van der Waals surface area contributed by atoms with Gasteiger partial charge < -0.3 is 11.1 Å². The molecule has 3 nitrogen and oxygen atoms in total. The first-order valence-electron chi connectivity index (χ1n) is 5.14. The van der Waals surface area contributed by atoms with E-state index in [4.69, 9.17) is 5.73 Å². The molecule has 0 unspecified atom stereocenters. The first-order chi connectivity index (χ1) is 6.85. The van der Waals surface area contributed by atoms with E-state index in [1.54, 1.807) is 0 Å². The van der Waals surface area contributed by atoms with Crippen molar-refractivity contribution in [2.75, 3.05) is 13.1 Å². The molecule has 1 aliphatic carbocycles. The Bertz CT molecular complexity index is 280. The number of nitrogens with two attached hydrogens (primary N) is 1. The number of hydrogen-bond donors (Lipinski definition) is 2. The normalized spacial score (nSPS) is 18.1. The molecule has 3 heteroatoms. The van der Waals surface area contributed by atoms with Crippen molar-refractivity contribution in [3.8, 4) is 0 Å². The Morgan fingerprint density at radius 1 is 1.36 bits per heavy atom. The summed E-state index contributed by atoms with van der Waals surface area (Å²) in [5.74, 6) is 0. The largest absolute Gasteiger partial charge is 0.330 e. The van der Waals surface area contributed by atoms with Gasteiger partial charge in [-0.1, -0.05) is 0 Å². The van der Waals surface area contributed by atoms with Gasteiger partial charge in [0.15, 0.2) is 0 Å². The van der Waals surface area contributed by atoms with E-state index in [0.717, 1.165) is 19.6 Å². The standard InChI is InChI=1S/C11H17N3/c12-8-11(3-4-11)9-14-7-10-1-5-13-6-2-10/h1-2,5-6,14H,3-4,7-9,12H2. The van der Waals surface area contributed by atoms with Gasteiger partial charge in [-0.2, -0.15) is 0 Å². The van der Waals surface area contributed by atoms with Gasteiger partial charge in [-0.25, -0.2) is 0 Å². The van der Waals surface area contributed by atoms with Gasteiger partial charge in [-0.3, -0.25) is 4.98 Å². The van der Waals surface area contributed by atoms with E-state index < -0.39 is 0 Å². The van der Waals surface area contributed by atoms with Crippen LogP contribution < -0.4 is 11.1 Å². The highest BCUT2D eigenvalue weighted by molar-refractivity contribution is 5.09. The zero-order valence-electron chi connectivity index (χ0n) is 8.37. The fraction of sp³-hybridized carbons (Fsp3) is 0.545. The van der Waals surface area contributed by atoms with Gasteiger partial charge in [0.05, 0.1) is 0 Å². The van der Waals surface area contributed by atoms with Crippen molar-refractivity contribution < 1.29 is 0 Å². The SMILES string of the molecule is NCC1(CNCc2ccncc2)CC1. The maximum absolute atomic E-state index is 5.70. The van der Waals surface area contributed by atoms with Crippen molar-refractivity contribution >= 4 is 0 Å². The van der Waals surface area contributed by atoms with Crippen molar-refractivity contribution in [2.24, 2.45) is 11.1 Å². The maximum atomic E-state index is 5.70. The highest BCUT2D eigenvalue weighted by atomic mass is 14.9. The van der Waals surface area contributed by atoms with Gasteiger partial charge in [0.1, 0.15) is 0 Å². The van der Waals surface area contributed by atoms with Gasteiger partial charge in [-0.15, -0.1) is 0 Å². The summed E-state index contributed by atoms with van der Waals surface area (Å²) in [4.78, 5) is 3.98. The minimum Gasteiger partial charge on any atom is -0.330 e. The molecule has 76 valence electrons. The highest BCUT2D eigenvalue weighted by Gasteiger charge is 2.40. The predicted octanol–water partition coefficient (Wildman–Crippen LogP) is 0.910. The Morgan fingerprint density at radius 2 is 2.07 bits per heavy atom. The number of rotatable bonds is 5. The van der Waals surface area contributed by atoms with E-state index >= 15 is 0 Å². The second-order valence-corrected chi connectivity index (χ2v) is 4.16. The average molecular weight is 191 g/mol. The van der Waals surface area contributed by atoms with Gasteiger partial charge >= 0.3 is 0 Å². The fourth-order valence-electron chi connectivity index (χ4n) is 1.60. The van der Waals surface area contributed by atoms with Crippen molar-refractivity contribution in [1.82, 2.24) is 10.3 Å². The van der Waals surface area contributed by atoms with Crippen LogP contribution in [-0.4, -0.2) is 18.1 Å². The lowest BCUT2D eigenvalue weighted by molar-refractivity contribution is 0.467. The molecule has 0 bridgehead atoms. The molecule has 1 saturated carbocycles. The van der Waals surface area contributed by atoms with E-state index in [1.807, 2.05) is 24.5 Å². The van der Waals surface area contributed by atoms with Crippen LogP contribution in [0.25, 0.3) is 0 Å². The summed E-state index contributed by atoms with van der Waals surface area (Å²) >= 11 is 0. The molecule has 14 heavy (non-hydrogen) atoms. The van der Waals surface area contributed by atoms with Crippen LogP contribution in [0.4, 0.5) is 0 Å². The molecule has 0 radical (unpaired) electrons. The van der Waals surface area contributed by atoms with E-state index in [0.29, 0.717) is 5.41 Å². The smallest absolute Gasteiger partial charge is 0.0271 e. The first-order valence-corrected chi connectivity index (χ1v) is 5.14. The molecule has 0 saturated heterocycles. The van der Waals surface area contributed by atoms with E-state index in [1.165, 1.54) is 18.4 Å². The van der Waals surface area contributed by atoms with Crippen LogP contribution in [0.15, 0.2) is 24.5 Å². The summed E-state index contributed by atoms with van der Waals surface area (Å²) in [6.07, 6.45) is 6.22. The van der Waals surface area contributed by atoms with Crippen LogP contribution in [0, 0.1) is 5.41 Å². The molecule has 1 aromatic rings. The second-order valence-electron chi connectivity index (χ2n) is 4.16. The topological polar surface area (TPSA) is 50.9 Å². The maximum Gasteiger partial charge on any atom is 0.0271 e. The highest BCUT2D eigenvalue weighted by Crippen LogP contribution is 2.43. The average Bonchev–Trinajstić information content (AvgIpc) is 3.00.